The van der Waals surface area contributed by atoms with E-state index in [1.807, 2.05) is 13.8 Å². The molecule has 0 heterocycles. The fourth-order valence-electron chi connectivity index (χ4n) is 1.70. The van der Waals surface area contributed by atoms with Crippen molar-refractivity contribution < 1.29 is 13.2 Å². The van der Waals surface area contributed by atoms with Crippen molar-refractivity contribution in [1.82, 2.24) is 5.32 Å². The van der Waals surface area contributed by atoms with E-state index in [0.717, 1.165) is 18.4 Å². The SMILES string of the molecule is CCCCC(=O)NC(C)c1cccc(S(N)(=O)=O)c1. The topological polar surface area (TPSA) is 89.3 Å². The van der Waals surface area contributed by atoms with Crippen LogP contribution in [0, 0.1) is 0 Å². The van der Waals surface area contributed by atoms with Gasteiger partial charge in [-0.25, -0.2) is 13.6 Å². The van der Waals surface area contributed by atoms with Crippen LogP contribution in [0.25, 0.3) is 0 Å². The fraction of sp³-hybridized carbons (Fsp3) is 0.462. The Balaban J connectivity index is 2.77. The smallest absolute Gasteiger partial charge is 0.238 e. The fourth-order valence-corrected chi connectivity index (χ4v) is 2.26. The van der Waals surface area contributed by atoms with E-state index in [9.17, 15) is 13.2 Å². The maximum Gasteiger partial charge on any atom is 0.238 e. The predicted octanol–water partition coefficient (Wildman–Crippen LogP) is 1.70. The first-order valence-electron chi connectivity index (χ1n) is 6.26. The zero-order chi connectivity index (χ0) is 14.5. The Labute approximate surface area is 114 Å². The Hall–Kier alpha value is -1.40. The standard InChI is InChI=1S/C13H20N2O3S/c1-3-4-8-13(16)15-10(2)11-6-5-7-12(9-11)19(14,17)18/h5-7,9-10H,3-4,8H2,1-2H3,(H,15,16)(H2,14,17,18). The Morgan fingerprint density at radius 3 is 2.68 bits per heavy atom. The summed E-state index contributed by atoms with van der Waals surface area (Å²) in [5.74, 6) is -0.0321. The highest BCUT2D eigenvalue weighted by molar-refractivity contribution is 7.89. The number of amides is 1. The largest absolute Gasteiger partial charge is 0.350 e. The maximum absolute atomic E-state index is 11.6. The van der Waals surface area contributed by atoms with Gasteiger partial charge in [-0.05, 0) is 31.0 Å². The number of benzene rings is 1. The van der Waals surface area contributed by atoms with Gasteiger partial charge in [-0.15, -0.1) is 0 Å². The molecule has 5 nitrogen and oxygen atoms in total. The molecule has 1 unspecified atom stereocenters. The number of primary sulfonamides is 1. The second-order valence-corrected chi connectivity index (χ2v) is 6.07. The molecule has 1 amide bonds. The van der Waals surface area contributed by atoms with E-state index >= 15 is 0 Å². The van der Waals surface area contributed by atoms with Crippen molar-refractivity contribution in [2.24, 2.45) is 5.14 Å². The van der Waals surface area contributed by atoms with Gasteiger partial charge in [0.1, 0.15) is 0 Å². The molecular formula is C13H20N2O3S. The Bertz CT molecular complexity index is 541. The van der Waals surface area contributed by atoms with Crippen LogP contribution in [0.4, 0.5) is 0 Å². The average Bonchev–Trinajstić information content (AvgIpc) is 2.35. The molecule has 1 atom stereocenters. The van der Waals surface area contributed by atoms with E-state index in [2.05, 4.69) is 5.32 Å². The third kappa shape index (κ3) is 5.00. The van der Waals surface area contributed by atoms with E-state index in [4.69, 9.17) is 5.14 Å². The highest BCUT2D eigenvalue weighted by Gasteiger charge is 2.13. The number of unbranched alkanes of at least 4 members (excludes halogenated alkanes) is 1. The summed E-state index contributed by atoms with van der Waals surface area (Å²) in [7, 11) is -3.71. The molecule has 1 rings (SSSR count). The number of carbonyl (C=O) groups excluding carboxylic acids is 1. The molecule has 0 aliphatic carbocycles. The van der Waals surface area contributed by atoms with Crippen LogP contribution in [-0.2, 0) is 14.8 Å². The van der Waals surface area contributed by atoms with Gasteiger partial charge in [0.15, 0.2) is 0 Å². The van der Waals surface area contributed by atoms with Crippen LogP contribution in [0.1, 0.15) is 44.7 Å². The molecule has 0 spiro atoms. The minimum Gasteiger partial charge on any atom is -0.350 e. The van der Waals surface area contributed by atoms with Crippen LogP contribution in [-0.4, -0.2) is 14.3 Å². The lowest BCUT2D eigenvalue weighted by atomic mass is 10.1. The summed E-state index contributed by atoms with van der Waals surface area (Å²) in [6.07, 6.45) is 2.29. The van der Waals surface area contributed by atoms with Gasteiger partial charge < -0.3 is 5.32 Å². The number of nitrogens with two attached hydrogens (primary N) is 1. The molecule has 0 saturated heterocycles. The first kappa shape index (κ1) is 15.7. The van der Waals surface area contributed by atoms with Crippen molar-refractivity contribution >= 4 is 15.9 Å². The summed E-state index contributed by atoms with van der Waals surface area (Å²) in [6.45, 7) is 3.83. The number of carbonyl (C=O) groups is 1. The van der Waals surface area contributed by atoms with Crippen molar-refractivity contribution in [3.8, 4) is 0 Å². The molecular weight excluding hydrogens is 264 g/mol. The minimum absolute atomic E-state index is 0.0321. The highest BCUT2D eigenvalue weighted by atomic mass is 32.2. The minimum atomic E-state index is -3.71. The Kier molecular flexibility index (Phi) is 5.50. The number of rotatable bonds is 6. The van der Waals surface area contributed by atoms with Crippen LogP contribution >= 0.6 is 0 Å². The number of hydrogen-bond donors (Lipinski definition) is 2. The normalized spacial score (nSPS) is 13.0. The van der Waals surface area contributed by atoms with Crippen LogP contribution in [0.3, 0.4) is 0 Å². The summed E-state index contributed by atoms with van der Waals surface area (Å²) >= 11 is 0. The quantitative estimate of drug-likeness (QED) is 0.833. The Morgan fingerprint density at radius 2 is 2.11 bits per heavy atom. The van der Waals surface area contributed by atoms with E-state index in [1.165, 1.54) is 12.1 Å². The monoisotopic (exact) mass is 284 g/mol. The third-order valence-corrected chi connectivity index (χ3v) is 3.73. The molecule has 0 saturated carbocycles. The molecule has 19 heavy (non-hydrogen) atoms. The number of nitrogens with one attached hydrogen (secondary N) is 1. The number of sulfonamides is 1. The first-order valence-corrected chi connectivity index (χ1v) is 7.81. The first-order chi connectivity index (χ1) is 8.84. The molecule has 6 heteroatoms. The average molecular weight is 284 g/mol. The van der Waals surface area contributed by atoms with Gasteiger partial charge in [-0.3, -0.25) is 4.79 Å². The van der Waals surface area contributed by atoms with Crippen LogP contribution in [0.5, 0.6) is 0 Å². The molecule has 1 aromatic rings. The van der Waals surface area contributed by atoms with E-state index in [0.29, 0.717) is 6.42 Å². The van der Waals surface area contributed by atoms with Gasteiger partial charge in [0, 0.05) is 6.42 Å². The van der Waals surface area contributed by atoms with E-state index < -0.39 is 10.0 Å². The second-order valence-electron chi connectivity index (χ2n) is 4.51. The number of hydrogen-bond acceptors (Lipinski definition) is 3. The lowest BCUT2D eigenvalue weighted by Crippen LogP contribution is -2.26. The van der Waals surface area contributed by atoms with Crippen molar-refractivity contribution in [2.75, 3.05) is 0 Å². The molecule has 0 radical (unpaired) electrons. The van der Waals surface area contributed by atoms with Crippen LogP contribution in [0.15, 0.2) is 29.2 Å². The maximum atomic E-state index is 11.6. The summed E-state index contributed by atoms with van der Waals surface area (Å²) in [6, 6.07) is 6.05. The van der Waals surface area contributed by atoms with Gasteiger partial charge in [-0.1, -0.05) is 25.5 Å². The van der Waals surface area contributed by atoms with Gasteiger partial charge in [0.05, 0.1) is 10.9 Å². The highest BCUT2D eigenvalue weighted by Crippen LogP contribution is 2.16. The van der Waals surface area contributed by atoms with Gasteiger partial charge in [-0.2, -0.15) is 0 Å². The molecule has 106 valence electrons. The lowest BCUT2D eigenvalue weighted by molar-refractivity contribution is -0.121. The third-order valence-electron chi connectivity index (χ3n) is 2.82. The molecule has 0 aromatic heterocycles. The van der Waals surface area contributed by atoms with Crippen molar-refractivity contribution in [2.45, 2.75) is 44.0 Å². The predicted molar refractivity (Wildman–Crippen MR) is 73.9 cm³/mol. The molecule has 1 aromatic carbocycles. The van der Waals surface area contributed by atoms with E-state index in [-0.39, 0.29) is 16.8 Å². The van der Waals surface area contributed by atoms with Crippen LogP contribution < -0.4 is 10.5 Å². The summed E-state index contributed by atoms with van der Waals surface area (Å²) in [4.78, 5) is 11.7. The zero-order valence-corrected chi connectivity index (χ0v) is 12.0. The van der Waals surface area contributed by atoms with Gasteiger partial charge in [0.2, 0.25) is 15.9 Å². The Morgan fingerprint density at radius 1 is 1.42 bits per heavy atom. The van der Waals surface area contributed by atoms with E-state index in [1.54, 1.807) is 12.1 Å². The van der Waals surface area contributed by atoms with Gasteiger partial charge >= 0.3 is 0 Å². The molecule has 0 fully saturated rings. The van der Waals surface area contributed by atoms with Crippen molar-refractivity contribution in [1.29, 1.82) is 0 Å². The second kappa shape index (κ2) is 6.68. The molecule has 0 bridgehead atoms. The van der Waals surface area contributed by atoms with Gasteiger partial charge in [0.25, 0.3) is 0 Å². The molecule has 0 aliphatic rings. The summed E-state index contributed by atoms with van der Waals surface area (Å²) < 4.78 is 22.5. The molecule has 3 N–H and O–H groups in total. The van der Waals surface area contributed by atoms with Crippen molar-refractivity contribution in [3.63, 3.8) is 0 Å². The summed E-state index contributed by atoms with van der Waals surface area (Å²) in [5.41, 5.74) is 0.719. The zero-order valence-electron chi connectivity index (χ0n) is 11.2. The van der Waals surface area contributed by atoms with Crippen molar-refractivity contribution in [3.05, 3.63) is 29.8 Å². The molecule has 0 aliphatic heterocycles. The summed E-state index contributed by atoms with van der Waals surface area (Å²) in [5, 5.41) is 7.91. The van der Waals surface area contributed by atoms with Crippen LogP contribution in [0.2, 0.25) is 0 Å². The lowest BCUT2D eigenvalue weighted by Gasteiger charge is -2.15.